The van der Waals surface area contributed by atoms with Crippen LogP contribution in [0.2, 0.25) is 0 Å². The van der Waals surface area contributed by atoms with Crippen molar-refractivity contribution in [2.45, 2.75) is 9.40 Å². The molecule has 0 saturated heterocycles. The molecule has 0 heterocycles. The Morgan fingerprint density at radius 3 is 1.46 bits per heavy atom. The maximum Gasteiger partial charge on any atom is 0.445 e. The average molecular weight is 496 g/mol. The molecule has 0 bridgehead atoms. The van der Waals surface area contributed by atoms with Crippen LogP contribution < -0.4 is 9.05 Å². The van der Waals surface area contributed by atoms with E-state index in [1.54, 1.807) is 24.3 Å². The number of hydrogen-bond donors (Lipinski definition) is 0. The Bertz CT molecular complexity index is 814. The fraction of sp³-hybridized carbons (Fsp3) is 0.100. The van der Waals surface area contributed by atoms with Crippen LogP contribution in [0.4, 0.5) is 0 Å². The molecule has 0 aromatic heterocycles. The molecule has 0 amide bonds. The minimum absolute atomic E-state index is 0.262. The van der Waals surface area contributed by atoms with Gasteiger partial charge in [-0.05, 0) is 29.8 Å². The van der Waals surface area contributed by atoms with Crippen LogP contribution in [-0.2, 0) is 4.57 Å². The molecule has 0 aliphatic carbocycles. The van der Waals surface area contributed by atoms with Crippen molar-refractivity contribution in [3.63, 3.8) is 0 Å². The smallest absolute Gasteiger partial charge is 0.415 e. The third-order valence-corrected chi connectivity index (χ3v) is 9.65. The third kappa shape index (κ3) is 4.79. The Balaban J connectivity index is 1.92. The van der Waals surface area contributed by atoms with Gasteiger partial charge < -0.3 is 9.05 Å². The Kier molecular flexibility index (Phi) is 6.58. The van der Waals surface area contributed by atoms with Crippen molar-refractivity contribution < 1.29 is 13.6 Å². The molecule has 26 heavy (non-hydrogen) atoms. The zero-order valence-electron chi connectivity index (χ0n) is 13.7. The van der Waals surface area contributed by atoms with Gasteiger partial charge in [-0.2, -0.15) is 0 Å². The minimum atomic E-state index is -3.61. The van der Waals surface area contributed by atoms with E-state index in [9.17, 15) is 4.57 Å². The Hall–Kier alpha value is -1.55. The zero-order valence-corrected chi connectivity index (χ0v) is 17.8. The quantitative estimate of drug-likeness (QED) is 0.257. The monoisotopic (exact) mass is 494 g/mol. The van der Waals surface area contributed by atoms with Crippen LogP contribution in [0.15, 0.2) is 91.0 Å². The van der Waals surface area contributed by atoms with Crippen LogP contribution in [0, 0.1) is 0 Å². The summed E-state index contributed by atoms with van der Waals surface area (Å²) in [6, 6.07) is 27.8. The highest BCUT2D eigenvalue weighted by Gasteiger charge is 2.42. The van der Waals surface area contributed by atoms with E-state index in [1.165, 1.54) is 0 Å². The first-order valence-corrected chi connectivity index (χ1v) is 11.4. The molecule has 3 aromatic rings. The van der Waals surface area contributed by atoms with Crippen molar-refractivity contribution in [1.82, 2.24) is 0 Å². The summed E-state index contributed by atoms with van der Waals surface area (Å²) in [6.07, 6.45) is 0. The van der Waals surface area contributed by atoms with Crippen molar-refractivity contribution in [3.05, 3.63) is 96.6 Å². The summed E-state index contributed by atoms with van der Waals surface area (Å²) in [5.41, 5.74) is 0.975. The van der Waals surface area contributed by atoms with Gasteiger partial charge in [-0.25, -0.2) is 4.57 Å². The van der Waals surface area contributed by atoms with E-state index in [-0.39, 0.29) is 4.83 Å². The summed E-state index contributed by atoms with van der Waals surface area (Å²) in [7, 11) is -3.61. The van der Waals surface area contributed by atoms with Gasteiger partial charge in [0.05, 0.1) is 4.83 Å². The molecule has 0 radical (unpaired) electrons. The number of para-hydroxylation sites is 2. The van der Waals surface area contributed by atoms with Gasteiger partial charge in [0.2, 0.25) is 0 Å². The minimum Gasteiger partial charge on any atom is -0.415 e. The number of benzene rings is 3. The van der Waals surface area contributed by atoms with Crippen molar-refractivity contribution >= 4 is 39.5 Å². The van der Waals surface area contributed by atoms with Crippen molar-refractivity contribution in [2.24, 2.45) is 0 Å². The first kappa shape index (κ1) is 19.2. The molecule has 3 nitrogen and oxygen atoms in total. The predicted molar refractivity (Wildman–Crippen MR) is 113 cm³/mol. The molecule has 2 unspecified atom stereocenters. The fourth-order valence-electron chi connectivity index (χ4n) is 2.33. The van der Waals surface area contributed by atoms with E-state index in [4.69, 9.17) is 9.05 Å². The van der Waals surface area contributed by atoms with E-state index in [2.05, 4.69) is 31.9 Å². The molecule has 3 rings (SSSR count). The van der Waals surface area contributed by atoms with Gasteiger partial charge in [-0.1, -0.05) is 98.6 Å². The second kappa shape index (κ2) is 8.90. The van der Waals surface area contributed by atoms with Crippen LogP contribution in [0.1, 0.15) is 10.4 Å². The highest BCUT2D eigenvalue weighted by molar-refractivity contribution is 9.13. The van der Waals surface area contributed by atoms with Crippen molar-refractivity contribution in [2.75, 3.05) is 0 Å². The van der Waals surface area contributed by atoms with E-state index in [0.29, 0.717) is 11.5 Å². The SMILES string of the molecule is O=P(Oc1ccccc1)(Oc1ccccc1)C(Br)C(Br)c1ccccc1. The molecule has 0 saturated carbocycles. The Labute approximate surface area is 170 Å². The molecule has 0 aliphatic heterocycles. The lowest BCUT2D eigenvalue weighted by molar-refractivity contribution is 0.383. The van der Waals surface area contributed by atoms with Crippen LogP contribution in [0.25, 0.3) is 0 Å². The second-order valence-electron chi connectivity index (χ2n) is 5.53. The summed E-state index contributed by atoms with van der Waals surface area (Å²) in [5.74, 6) is 0.980. The number of alkyl halides is 2. The normalized spacial score (nSPS) is 13.6. The van der Waals surface area contributed by atoms with Gasteiger partial charge in [0.1, 0.15) is 11.5 Å². The molecule has 3 aromatic carbocycles. The molecule has 0 spiro atoms. The largest absolute Gasteiger partial charge is 0.445 e. The predicted octanol–water partition coefficient (Wildman–Crippen LogP) is 7.19. The van der Waals surface area contributed by atoms with E-state index < -0.39 is 12.2 Å². The standard InChI is InChI=1S/C20H17Br2O3P/c21-19(16-10-4-1-5-11-16)20(22)26(23,24-17-12-6-2-7-13-17)25-18-14-8-3-9-15-18/h1-15,19-20H. The number of halogens is 2. The fourth-order valence-corrected chi connectivity index (χ4v) is 5.88. The lowest BCUT2D eigenvalue weighted by atomic mass is 10.2. The summed E-state index contributed by atoms with van der Waals surface area (Å²) in [6.45, 7) is 0. The molecule has 0 N–H and O–H groups in total. The summed E-state index contributed by atoms with van der Waals surface area (Å²) < 4.78 is 24.9. The molecule has 0 aliphatic rings. The lowest BCUT2D eigenvalue weighted by Gasteiger charge is -2.27. The highest BCUT2D eigenvalue weighted by Crippen LogP contribution is 2.60. The molecule has 2 atom stereocenters. The zero-order chi connectivity index (χ0) is 18.4. The van der Waals surface area contributed by atoms with Crippen molar-refractivity contribution in [1.29, 1.82) is 0 Å². The van der Waals surface area contributed by atoms with Crippen LogP contribution >= 0.6 is 39.5 Å². The van der Waals surface area contributed by atoms with Crippen LogP contribution in [-0.4, -0.2) is 4.57 Å². The maximum atomic E-state index is 13.7. The van der Waals surface area contributed by atoms with Crippen molar-refractivity contribution in [3.8, 4) is 11.5 Å². The molecular weight excluding hydrogens is 479 g/mol. The van der Waals surface area contributed by atoms with E-state index >= 15 is 0 Å². The topological polar surface area (TPSA) is 35.5 Å². The van der Waals surface area contributed by atoms with Gasteiger partial charge >= 0.3 is 7.60 Å². The second-order valence-corrected chi connectivity index (χ2v) is 10.2. The third-order valence-electron chi connectivity index (χ3n) is 3.61. The summed E-state index contributed by atoms with van der Waals surface area (Å²) >= 11 is 7.19. The summed E-state index contributed by atoms with van der Waals surface area (Å²) in [5, 5.41) is 0. The lowest BCUT2D eigenvalue weighted by Crippen LogP contribution is -2.16. The Morgan fingerprint density at radius 1 is 0.654 bits per heavy atom. The molecule has 134 valence electrons. The maximum absolute atomic E-state index is 13.7. The molecular formula is C20H17Br2O3P. The number of rotatable bonds is 7. The van der Waals surface area contributed by atoms with E-state index in [0.717, 1.165) is 5.56 Å². The van der Waals surface area contributed by atoms with Gasteiger partial charge in [-0.3, -0.25) is 0 Å². The Morgan fingerprint density at radius 2 is 1.04 bits per heavy atom. The van der Waals surface area contributed by atoms with Gasteiger partial charge in [0.15, 0.2) is 4.57 Å². The van der Waals surface area contributed by atoms with Gasteiger partial charge in [0, 0.05) is 0 Å². The highest BCUT2D eigenvalue weighted by atomic mass is 79.9. The number of hydrogen-bond acceptors (Lipinski definition) is 3. The van der Waals surface area contributed by atoms with Gasteiger partial charge in [-0.15, -0.1) is 0 Å². The van der Waals surface area contributed by atoms with Crippen LogP contribution in [0.5, 0.6) is 11.5 Å². The summed E-state index contributed by atoms with van der Waals surface area (Å²) in [4.78, 5) is -0.262. The van der Waals surface area contributed by atoms with Crippen LogP contribution in [0.3, 0.4) is 0 Å². The van der Waals surface area contributed by atoms with E-state index in [1.807, 2.05) is 66.7 Å². The molecule has 0 fully saturated rings. The first-order chi connectivity index (χ1) is 12.6. The average Bonchev–Trinajstić information content (AvgIpc) is 2.69. The molecule has 6 heteroatoms. The van der Waals surface area contributed by atoms with Gasteiger partial charge in [0.25, 0.3) is 0 Å². The first-order valence-electron chi connectivity index (χ1n) is 8.00.